The summed E-state index contributed by atoms with van der Waals surface area (Å²) in [7, 11) is 0. The highest BCUT2D eigenvalue weighted by molar-refractivity contribution is 5.81. The van der Waals surface area contributed by atoms with E-state index in [0.29, 0.717) is 6.08 Å². The van der Waals surface area contributed by atoms with Crippen molar-refractivity contribution >= 4 is 11.9 Å². The molecular formula is C5H6O5. The van der Waals surface area contributed by atoms with Gasteiger partial charge in [-0.15, -0.1) is 0 Å². The maximum absolute atomic E-state index is 9.80. The number of aliphatic hydroxyl groups excluding tert-OH is 1. The Balaban J connectivity index is 3.95. The van der Waals surface area contributed by atoms with Gasteiger partial charge in [0.15, 0.2) is 0 Å². The van der Waals surface area contributed by atoms with Crippen LogP contribution in [0, 0.1) is 0 Å². The molecule has 0 rings (SSSR count). The number of carboxylic acid groups (broad SMARTS) is 2. The van der Waals surface area contributed by atoms with Crippen LogP contribution in [0.15, 0.2) is 11.8 Å². The minimum absolute atomic E-state index is 0.439. The molecule has 0 saturated heterocycles. The van der Waals surface area contributed by atoms with Gasteiger partial charge in [0, 0.05) is 0 Å². The fourth-order valence-electron chi connectivity index (χ4n) is 0.349. The second-order valence-electron chi connectivity index (χ2n) is 1.54. The van der Waals surface area contributed by atoms with Crippen LogP contribution in [0.1, 0.15) is 6.42 Å². The minimum Gasteiger partial charge on any atom is -0.511 e. The van der Waals surface area contributed by atoms with Crippen molar-refractivity contribution < 1.29 is 24.9 Å². The van der Waals surface area contributed by atoms with Crippen LogP contribution in [0.2, 0.25) is 0 Å². The molecule has 0 radical (unpaired) electrons. The van der Waals surface area contributed by atoms with Gasteiger partial charge in [-0.05, 0) is 0 Å². The molecule has 0 aromatic heterocycles. The summed E-state index contributed by atoms with van der Waals surface area (Å²) in [4.78, 5) is 19.6. The second kappa shape index (κ2) is 3.49. The lowest BCUT2D eigenvalue weighted by atomic mass is 10.3. The van der Waals surface area contributed by atoms with Crippen LogP contribution in [0.5, 0.6) is 0 Å². The van der Waals surface area contributed by atoms with Crippen molar-refractivity contribution in [3.63, 3.8) is 0 Å². The van der Waals surface area contributed by atoms with E-state index < -0.39 is 24.1 Å². The molecule has 0 unspecified atom stereocenters. The third-order valence-electron chi connectivity index (χ3n) is 0.622. The van der Waals surface area contributed by atoms with E-state index in [1.54, 1.807) is 0 Å². The van der Waals surface area contributed by atoms with E-state index in [4.69, 9.17) is 15.3 Å². The van der Waals surface area contributed by atoms with E-state index in [1.165, 1.54) is 0 Å². The highest BCUT2D eigenvalue weighted by Crippen LogP contribution is 1.94. The van der Waals surface area contributed by atoms with Gasteiger partial charge in [-0.3, -0.25) is 4.79 Å². The second-order valence-corrected chi connectivity index (χ2v) is 1.54. The van der Waals surface area contributed by atoms with E-state index in [2.05, 4.69) is 0 Å². The monoisotopic (exact) mass is 146 g/mol. The number of rotatable bonds is 3. The molecule has 0 atom stereocenters. The first-order valence-electron chi connectivity index (χ1n) is 2.36. The zero-order valence-corrected chi connectivity index (χ0v) is 4.94. The average Bonchev–Trinajstić information content (AvgIpc) is 1.58. The molecule has 0 saturated carbocycles. The lowest BCUT2D eigenvalue weighted by Crippen LogP contribution is -1.99. The molecule has 0 bridgehead atoms. The van der Waals surface area contributed by atoms with Crippen molar-refractivity contribution in [3.8, 4) is 0 Å². The quantitative estimate of drug-likeness (QED) is 0.384. The fraction of sp³-hybridized carbons (Fsp3) is 0.200. The Morgan fingerprint density at radius 3 is 2.00 bits per heavy atom. The maximum atomic E-state index is 9.80. The van der Waals surface area contributed by atoms with E-state index in [9.17, 15) is 9.59 Å². The number of carboxylic acids is 2. The molecule has 0 heterocycles. The fourth-order valence-corrected chi connectivity index (χ4v) is 0.349. The first-order valence-corrected chi connectivity index (χ1v) is 2.36. The van der Waals surface area contributed by atoms with Gasteiger partial charge in [-0.25, -0.2) is 4.79 Å². The van der Waals surface area contributed by atoms with Crippen LogP contribution in [0.25, 0.3) is 0 Å². The zero-order valence-electron chi connectivity index (χ0n) is 4.94. The summed E-state index contributed by atoms with van der Waals surface area (Å²) in [5.41, 5.74) is 0. The lowest BCUT2D eigenvalue weighted by molar-refractivity contribution is -0.136. The van der Waals surface area contributed by atoms with Gasteiger partial charge in [0.05, 0.1) is 6.08 Å². The van der Waals surface area contributed by atoms with Gasteiger partial charge in [-0.1, -0.05) is 0 Å². The average molecular weight is 146 g/mol. The van der Waals surface area contributed by atoms with E-state index in [0.717, 1.165) is 0 Å². The lowest BCUT2D eigenvalue weighted by Gasteiger charge is -1.90. The maximum Gasteiger partial charge on any atom is 0.331 e. The molecule has 56 valence electrons. The number of carbonyl (C=O) groups is 2. The molecule has 3 N–H and O–H groups in total. The Hall–Kier alpha value is -1.52. The van der Waals surface area contributed by atoms with E-state index in [1.807, 2.05) is 0 Å². The molecule has 0 amide bonds. The Labute approximate surface area is 56.2 Å². The summed E-state index contributed by atoms with van der Waals surface area (Å²) in [6.45, 7) is 0. The Bertz CT molecular complexity index is 180. The number of hydrogen-bond acceptors (Lipinski definition) is 3. The Morgan fingerprint density at radius 1 is 1.20 bits per heavy atom. The van der Waals surface area contributed by atoms with Gasteiger partial charge in [-0.2, -0.15) is 0 Å². The van der Waals surface area contributed by atoms with Crippen molar-refractivity contribution in [2.24, 2.45) is 0 Å². The van der Waals surface area contributed by atoms with Crippen molar-refractivity contribution in [3.05, 3.63) is 11.8 Å². The first kappa shape index (κ1) is 8.48. The van der Waals surface area contributed by atoms with Crippen molar-refractivity contribution in [1.82, 2.24) is 0 Å². The summed E-state index contributed by atoms with van der Waals surface area (Å²) >= 11 is 0. The van der Waals surface area contributed by atoms with Gasteiger partial charge in [0.1, 0.15) is 12.2 Å². The van der Waals surface area contributed by atoms with Crippen LogP contribution >= 0.6 is 0 Å². The summed E-state index contributed by atoms with van der Waals surface area (Å²) in [5.74, 6) is -3.30. The predicted octanol–water partition coefficient (Wildman–Crippen LogP) is -0.0124. The third-order valence-corrected chi connectivity index (χ3v) is 0.622. The van der Waals surface area contributed by atoms with Crippen molar-refractivity contribution in [2.45, 2.75) is 6.42 Å². The van der Waals surface area contributed by atoms with E-state index >= 15 is 0 Å². The highest BCUT2D eigenvalue weighted by Gasteiger charge is 2.02. The molecule has 0 aromatic carbocycles. The smallest absolute Gasteiger partial charge is 0.331 e. The number of hydrogen-bond donors (Lipinski definition) is 3. The van der Waals surface area contributed by atoms with E-state index in [-0.39, 0.29) is 0 Å². The van der Waals surface area contributed by atoms with Crippen LogP contribution in [0.4, 0.5) is 0 Å². The first-order chi connectivity index (χ1) is 4.52. The topological polar surface area (TPSA) is 94.8 Å². The summed E-state index contributed by atoms with van der Waals surface area (Å²) in [5, 5.41) is 24.5. The number of aliphatic carboxylic acids is 2. The standard InChI is InChI=1S/C5H6O5/c6-3(1-4(7)8)2-5(9)10/h1,6H,2H2,(H,7,8)(H,9,10). The van der Waals surface area contributed by atoms with Gasteiger partial charge in [0.25, 0.3) is 0 Å². The van der Waals surface area contributed by atoms with Crippen LogP contribution in [-0.2, 0) is 9.59 Å². The molecule has 10 heavy (non-hydrogen) atoms. The third kappa shape index (κ3) is 4.63. The summed E-state index contributed by atoms with van der Waals surface area (Å²) < 4.78 is 0. The van der Waals surface area contributed by atoms with Gasteiger partial charge in [0.2, 0.25) is 0 Å². The van der Waals surface area contributed by atoms with Crippen LogP contribution in [-0.4, -0.2) is 27.3 Å². The normalized spacial score (nSPS) is 11.0. The zero-order chi connectivity index (χ0) is 8.15. The number of aliphatic hydroxyl groups is 1. The molecular weight excluding hydrogens is 140 g/mol. The van der Waals surface area contributed by atoms with Crippen molar-refractivity contribution in [1.29, 1.82) is 0 Å². The highest BCUT2D eigenvalue weighted by atomic mass is 16.4. The summed E-state index contributed by atoms with van der Waals surface area (Å²) in [6.07, 6.45) is -0.222. The minimum atomic E-state index is -1.36. The van der Waals surface area contributed by atoms with Crippen LogP contribution in [0.3, 0.4) is 0 Å². The predicted molar refractivity (Wildman–Crippen MR) is 30.6 cm³/mol. The Kier molecular flexibility index (Phi) is 2.96. The Morgan fingerprint density at radius 2 is 1.70 bits per heavy atom. The molecule has 0 aromatic rings. The van der Waals surface area contributed by atoms with Crippen molar-refractivity contribution in [2.75, 3.05) is 0 Å². The molecule has 0 fully saturated rings. The van der Waals surface area contributed by atoms with Crippen LogP contribution < -0.4 is 0 Å². The molecule has 5 heteroatoms. The molecule has 0 aliphatic carbocycles. The van der Waals surface area contributed by atoms with Gasteiger partial charge < -0.3 is 15.3 Å². The molecule has 0 aliphatic rings. The molecule has 5 nitrogen and oxygen atoms in total. The molecule has 0 spiro atoms. The summed E-state index contributed by atoms with van der Waals surface area (Å²) in [6, 6.07) is 0. The van der Waals surface area contributed by atoms with Gasteiger partial charge >= 0.3 is 11.9 Å². The SMILES string of the molecule is O=C(O)C=C(O)CC(=O)O. The molecule has 0 aliphatic heterocycles. The largest absolute Gasteiger partial charge is 0.511 e.